The first-order valence-corrected chi connectivity index (χ1v) is 10.8. The molecule has 2 N–H and O–H groups in total. The molecule has 3 aromatic carbocycles. The summed E-state index contributed by atoms with van der Waals surface area (Å²) in [6.07, 6.45) is -0.530. The Balaban J connectivity index is 1.53. The summed E-state index contributed by atoms with van der Waals surface area (Å²) in [5.41, 5.74) is 5.64. The van der Waals surface area contributed by atoms with Crippen molar-refractivity contribution in [2.45, 2.75) is 32.4 Å². The maximum Gasteiger partial charge on any atom is 0.118 e. The Morgan fingerprint density at radius 1 is 0.935 bits per heavy atom. The summed E-state index contributed by atoms with van der Waals surface area (Å²) in [7, 11) is 1.67. The predicted molar refractivity (Wildman–Crippen MR) is 129 cm³/mol. The maximum absolute atomic E-state index is 10.8. The highest BCUT2D eigenvalue weighted by Gasteiger charge is 2.14. The number of fused-ring (bicyclic) bond motifs is 1. The van der Waals surface area contributed by atoms with E-state index >= 15 is 0 Å². The molecule has 0 saturated carbocycles. The Morgan fingerprint density at radius 2 is 1.65 bits per heavy atom. The van der Waals surface area contributed by atoms with Gasteiger partial charge in [0.15, 0.2) is 0 Å². The number of para-hydroxylation sites is 1. The summed E-state index contributed by atoms with van der Waals surface area (Å²) < 4.78 is 7.50. The molecule has 1 atom stereocenters. The molecule has 0 unspecified atom stereocenters. The Morgan fingerprint density at radius 3 is 2.32 bits per heavy atom. The summed E-state index contributed by atoms with van der Waals surface area (Å²) in [5.74, 6) is 1.34. The average molecular weight is 415 g/mol. The highest BCUT2D eigenvalue weighted by Crippen LogP contribution is 2.30. The van der Waals surface area contributed by atoms with Crippen molar-refractivity contribution in [1.82, 2.24) is 4.57 Å². The molecule has 0 saturated heterocycles. The standard InChI is InChI=1S/C27H30N2O2/c1-19(2)20-8-12-23(13-9-20)28-17-24(30)18-29-26-7-5-4-6-22(26)16-27(29)21-10-14-25(31-3)15-11-21/h4-16,19,24,28,30H,17-18H2,1-3H3/t24-/m0/s1. The number of benzene rings is 3. The monoisotopic (exact) mass is 414 g/mol. The third-order valence-corrected chi connectivity index (χ3v) is 5.71. The van der Waals surface area contributed by atoms with Gasteiger partial charge in [0.25, 0.3) is 0 Å². The summed E-state index contributed by atoms with van der Waals surface area (Å²) in [4.78, 5) is 0. The van der Waals surface area contributed by atoms with Gasteiger partial charge in [-0.25, -0.2) is 0 Å². The number of rotatable bonds is 8. The molecule has 0 spiro atoms. The molecule has 4 heteroatoms. The zero-order chi connectivity index (χ0) is 21.8. The van der Waals surface area contributed by atoms with Gasteiger partial charge < -0.3 is 19.7 Å². The molecule has 0 aliphatic rings. The Bertz CT molecular complexity index is 1130. The van der Waals surface area contributed by atoms with Gasteiger partial charge in [0.1, 0.15) is 5.75 Å². The second-order valence-corrected chi connectivity index (χ2v) is 8.24. The molecule has 0 aliphatic heterocycles. The van der Waals surface area contributed by atoms with E-state index in [1.807, 2.05) is 24.3 Å². The minimum Gasteiger partial charge on any atom is -0.497 e. The first-order valence-electron chi connectivity index (χ1n) is 10.8. The van der Waals surface area contributed by atoms with E-state index in [0.717, 1.165) is 33.6 Å². The fourth-order valence-corrected chi connectivity index (χ4v) is 3.90. The number of nitrogens with one attached hydrogen (secondary N) is 1. The molecule has 0 radical (unpaired) electrons. The number of ether oxygens (including phenoxy) is 1. The van der Waals surface area contributed by atoms with Crippen molar-refractivity contribution in [3.05, 3.63) is 84.4 Å². The topological polar surface area (TPSA) is 46.4 Å². The van der Waals surface area contributed by atoms with Crippen molar-refractivity contribution in [2.75, 3.05) is 19.0 Å². The lowest BCUT2D eigenvalue weighted by Gasteiger charge is -2.18. The van der Waals surface area contributed by atoms with Gasteiger partial charge in [-0.3, -0.25) is 0 Å². The highest BCUT2D eigenvalue weighted by molar-refractivity contribution is 5.87. The number of hydrogen-bond acceptors (Lipinski definition) is 3. The van der Waals surface area contributed by atoms with Crippen LogP contribution in [0.4, 0.5) is 5.69 Å². The van der Waals surface area contributed by atoms with E-state index in [9.17, 15) is 5.11 Å². The van der Waals surface area contributed by atoms with Crippen molar-refractivity contribution in [1.29, 1.82) is 0 Å². The lowest BCUT2D eigenvalue weighted by Crippen LogP contribution is -2.25. The Hall–Kier alpha value is -3.24. The minimum absolute atomic E-state index is 0.482. The zero-order valence-electron chi connectivity index (χ0n) is 18.4. The highest BCUT2D eigenvalue weighted by atomic mass is 16.5. The SMILES string of the molecule is COc1ccc(-c2cc3ccccc3n2C[C@@H](O)CNc2ccc(C(C)C)cc2)cc1. The van der Waals surface area contributed by atoms with Crippen molar-refractivity contribution in [3.8, 4) is 17.0 Å². The van der Waals surface area contributed by atoms with Gasteiger partial charge in [0.05, 0.1) is 19.8 Å². The molecule has 0 amide bonds. The molecule has 160 valence electrons. The summed E-state index contributed by atoms with van der Waals surface area (Å²) in [5, 5.41) is 15.4. The van der Waals surface area contributed by atoms with Crippen LogP contribution in [0.25, 0.3) is 22.2 Å². The molecule has 0 fully saturated rings. The van der Waals surface area contributed by atoms with Crippen LogP contribution in [0.15, 0.2) is 78.9 Å². The van der Waals surface area contributed by atoms with Gasteiger partial charge in [-0.05, 0) is 65.6 Å². The van der Waals surface area contributed by atoms with Crippen LogP contribution in [-0.2, 0) is 6.54 Å². The van der Waals surface area contributed by atoms with Crippen LogP contribution >= 0.6 is 0 Å². The van der Waals surface area contributed by atoms with E-state index in [1.54, 1.807) is 7.11 Å². The van der Waals surface area contributed by atoms with Crippen LogP contribution in [0.2, 0.25) is 0 Å². The number of aromatic nitrogens is 1. The summed E-state index contributed by atoms with van der Waals surface area (Å²) in [6.45, 7) is 5.36. The lowest BCUT2D eigenvalue weighted by molar-refractivity contribution is 0.169. The smallest absolute Gasteiger partial charge is 0.118 e. The molecule has 0 aliphatic carbocycles. The molecule has 4 rings (SSSR count). The van der Waals surface area contributed by atoms with Crippen LogP contribution in [0, 0.1) is 0 Å². The number of hydrogen-bond donors (Lipinski definition) is 2. The van der Waals surface area contributed by atoms with Gasteiger partial charge in [0, 0.05) is 28.8 Å². The van der Waals surface area contributed by atoms with Gasteiger partial charge in [-0.1, -0.05) is 44.2 Å². The van der Waals surface area contributed by atoms with E-state index in [2.05, 4.69) is 78.3 Å². The van der Waals surface area contributed by atoms with E-state index in [1.165, 1.54) is 5.56 Å². The lowest BCUT2D eigenvalue weighted by atomic mass is 10.0. The van der Waals surface area contributed by atoms with E-state index in [4.69, 9.17) is 4.74 Å². The number of methoxy groups -OCH3 is 1. The number of anilines is 1. The third-order valence-electron chi connectivity index (χ3n) is 5.71. The fourth-order valence-electron chi connectivity index (χ4n) is 3.90. The van der Waals surface area contributed by atoms with Crippen molar-refractivity contribution in [3.63, 3.8) is 0 Å². The van der Waals surface area contributed by atoms with Crippen LogP contribution in [0.1, 0.15) is 25.3 Å². The molecule has 0 bridgehead atoms. The Kier molecular flexibility index (Phi) is 6.28. The first-order chi connectivity index (χ1) is 15.0. The number of aliphatic hydroxyl groups is 1. The number of nitrogens with zero attached hydrogens (tertiary/aromatic N) is 1. The van der Waals surface area contributed by atoms with Crippen molar-refractivity contribution >= 4 is 16.6 Å². The van der Waals surface area contributed by atoms with E-state index in [0.29, 0.717) is 19.0 Å². The fraction of sp³-hybridized carbons (Fsp3) is 0.259. The zero-order valence-corrected chi connectivity index (χ0v) is 18.4. The Labute approximate surface area is 184 Å². The average Bonchev–Trinajstić information content (AvgIpc) is 3.16. The summed E-state index contributed by atoms with van der Waals surface area (Å²) in [6, 6.07) is 27.0. The number of aliphatic hydroxyl groups excluding tert-OH is 1. The van der Waals surface area contributed by atoms with Crippen molar-refractivity contribution in [2.24, 2.45) is 0 Å². The van der Waals surface area contributed by atoms with Crippen LogP contribution in [-0.4, -0.2) is 29.4 Å². The van der Waals surface area contributed by atoms with Crippen LogP contribution < -0.4 is 10.1 Å². The van der Waals surface area contributed by atoms with Crippen LogP contribution in [0.5, 0.6) is 5.75 Å². The molecule has 1 heterocycles. The minimum atomic E-state index is -0.530. The van der Waals surface area contributed by atoms with Crippen LogP contribution in [0.3, 0.4) is 0 Å². The molecular formula is C27H30N2O2. The van der Waals surface area contributed by atoms with E-state index < -0.39 is 6.10 Å². The molecule has 4 nitrogen and oxygen atoms in total. The quantitative estimate of drug-likeness (QED) is 0.377. The molecule has 31 heavy (non-hydrogen) atoms. The molecule has 4 aromatic rings. The van der Waals surface area contributed by atoms with Gasteiger partial charge >= 0.3 is 0 Å². The summed E-state index contributed by atoms with van der Waals surface area (Å²) >= 11 is 0. The third kappa shape index (κ3) is 4.75. The maximum atomic E-state index is 10.8. The predicted octanol–water partition coefficient (Wildman–Crippen LogP) is 5.91. The first kappa shape index (κ1) is 21.0. The van der Waals surface area contributed by atoms with Gasteiger partial charge in [-0.2, -0.15) is 0 Å². The molecule has 1 aromatic heterocycles. The molecular weight excluding hydrogens is 384 g/mol. The second kappa shape index (κ2) is 9.27. The van der Waals surface area contributed by atoms with E-state index in [-0.39, 0.29) is 0 Å². The van der Waals surface area contributed by atoms with Gasteiger partial charge in [-0.15, -0.1) is 0 Å². The normalized spacial score (nSPS) is 12.3. The van der Waals surface area contributed by atoms with Gasteiger partial charge in [0.2, 0.25) is 0 Å². The van der Waals surface area contributed by atoms with Crippen molar-refractivity contribution < 1.29 is 9.84 Å². The largest absolute Gasteiger partial charge is 0.497 e. The second-order valence-electron chi connectivity index (χ2n) is 8.24.